The summed E-state index contributed by atoms with van der Waals surface area (Å²) < 4.78 is 1.13. The Morgan fingerprint density at radius 1 is 1.15 bits per heavy atom. The Morgan fingerprint density at radius 3 is 2.55 bits per heavy atom. The van der Waals surface area contributed by atoms with E-state index in [-0.39, 0.29) is 5.78 Å². The van der Waals surface area contributed by atoms with E-state index in [2.05, 4.69) is 39.6 Å². The van der Waals surface area contributed by atoms with Crippen LogP contribution < -0.4 is 4.90 Å². The first kappa shape index (κ1) is 13.7. The average molecular weight is 393 g/mol. The number of carbonyl (C=O) groups excluding carboxylic acids is 1. The van der Waals surface area contributed by atoms with Crippen LogP contribution in [0.3, 0.4) is 0 Å². The summed E-state index contributed by atoms with van der Waals surface area (Å²) in [4.78, 5) is 15.5. The van der Waals surface area contributed by atoms with Gasteiger partial charge >= 0.3 is 0 Å². The third kappa shape index (κ3) is 2.62. The van der Waals surface area contributed by atoms with Gasteiger partial charge in [0.1, 0.15) is 0 Å². The van der Waals surface area contributed by atoms with Crippen molar-refractivity contribution in [2.75, 3.05) is 11.9 Å². The van der Waals surface area contributed by atoms with Crippen LogP contribution in [-0.2, 0) is 0 Å². The molecule has 20 heavy (non-hydrogen) atoms. The molecule has 4 heteroatoms. The third-order valence-corrected chi connectivity index (χ3v) is 5.04. The molecule has 1 heterocycles. The first-order valence-corrected chi connectivity index (χ1v) is 8.07. The number of hydrogen-bond donors (Lipinski definition) is 0. The van der Waals surface area contributed by atoms with Crippen LogP contribution in [0, 0.1) is 3.57 Å². The molecule has 0 unspecified atom stereocenters. The minimum absolute atomic E-state index is 0.0450. The van der Waals surface area contributed by atoms with Gasteiger partial charge in [-0.15, -0.1) is 0 Å². The van der Waals surface area contributed by atoms with Gasteiger partial charge in [0.2, 0.25) is 0 Å². The zero-order valence-electron chi connectivity index (χ0n) is 10.8. The maximum absolute atomic E-state index is 12.3. The summed E-state index contributed by atoms with van der Waals surface area (Å²) in [6.45, 7) is 0. The SMILES string of the molecule is CN1/C(=C\C(=O)c2ccc(I)cc2)Sc2ccccc21. The van der Waals surface area contributed by atoms with Gasteiger partial charge in [0.15, 0.2) is 5.78 Å². The number of halogens is 1. The molecule has 0 saturated carbocycles. The minimum Gasteiger partial charge on any atom is -0.338 e. The number of rotatable bonds is 2. The van der Waals surface area contributed by atoms with E-state index in [0.29, 0.717) is 0 Å². The number of thioether (sulfide) groups is 1. The molecule has 2 aromatic rings. The van der Waals surface area contributed by atoms with Gasteiger partial charge in [-0.1, -0.05) is 36.0 Å². The van der Waals surface area contributed by atoms with Crippen molar-refractivity contribution in [2.45, 2.75) is 4.90 Å². The molecule has 0 N–H and O–H groups in total. The quantitative estimate of drug-likeness (QED) is 0.424. The van der Waals surface area contributed by atoms with Gasteiger partial charge in [0.05, 0.1) is 10.7 Å². The van der Waals surface area contributed by atoms with E-state index in [1.165, 1.54) is 4.90 Å². The molecule has 1 aliphatic rings. The van der Waals surface area contributed by atoms with Gasteiger partial charge in [-0.05, 0) is 46.9 Å². The molecule has 0 amide bonds. The number of nitrogens with zero attached hydrogens (tertiary/aromatic N) is 1. The zero-order chi connectivity index (χ0) is 14.1. The second-order valence-electron chi connectivity index (χ2n) is 4.48. The number of fused-ring (bicyclic) bond motifs is 1. The molecular formula is C16H12INOS. The smallest absolute Gasteiger partial charge is 0.188 e. The first-order valence-electron chi connectivity index (χ1n) is 6.17. The monoisotopic (exact) mass is 393 g/mol. The number of ketones is 1. The summed E-state index contributed by atoms with van der Waals surface area (Å²) >= 11 is 3.87. The number of hydrogen-bond acceptors (Lipinski definition) is 3. The van der Waals surface area contributed by atoms with Crippen LogP contribution in [0.2, 0.25) is 0 Å². The van der Waals surface area contributed by atoms with E-state index >= 15 is 0 Å². The molecule has 2 aromatic carbocycles. The first-order chi connectivity index (χ1) is 9.65. The standard InChI is InChI=1S/C16H12INOS/c1-18-13-4-2-3-5-15(13)20-16(18)10-14(19)11-6-8-12(17)9-7-11/h2-10H,1H3/b16-10+. The van der Waals surface area contributed by atoms with Crippen molar-refractivity contribution < 1.29 is 4.79 Å². The van der Waals surface area contributed by atoms with Gasteiger partial charge in [-0.3, -0.25) is 4.79 Å². The lowest BCUT2D eigenvalue weighted by Gasteiger charge is -2.12. The van der Waals surface area contributed by atoms with E-state index in [1.807, 2.05) is 43.4 Å². The van der Waals surface area contributed by atoms with Crippen molar-refractivity contribution in [3.8, 4) is 0 Å². The predicted molar refractivity (Wildman–Crippen MR) is 92.3 cm³/mol. The Balaban J connectivity index is 1.87. The Labute approximate surface area is 136 Å². The van der Waals surface area contributed by atoms with E-state index in [9.17, 15) is 4.79 Å². The van der Waals surface area contributed by atoms with E-state index in [4.69, 9.17) is 0 Å². The number of anilines is 1. The fourth-order valence-electron chi connectivity index (χ4n) is 2.06. The van der Waals surface area contributed by atoms with Crippen molar-refractivity contribution in [3.05, 3.63) is 68.8 Å². The average Bonchev–Trinajstić information content (AvgIpc) is 2.77. The van der Waals surface area contributed by atoms with Crippen LogP contribution >= 0.6 is 34.4 Å². The van der Waals surface area contributed by atoms with Gasteiger partial charge in [0.25, 0.3) is 0 Å². The van der Waals surface area contributed by atoms with E-state index < -0.39 is 0 Å². The second kappa shape index (κ2) is 5.61. The van der Waals surface area contributed by atoms with Crippen LogP contribution in [0.1, 0.15) is 10.4 Å². The summed E-state index contributed by atoms with van der Waals surface area (Å²) in [5.41, 5.74) is 1.88. The van der Waals surface area contributed by atoms with Gasteiger partial charge in [0, 0.05) is 27.2 Å². The van der Waals surface area contributed by atoms with Crippen LogP contribution in [0.25, 0.3) is 0 Å². The highest BCUT2D eigenvalue weighted by atomic mass is 127. The normalized spacial score (nSPS) is 15.5. The van der Waals surface area contributed by atoms with Crippen molar-refractivity contribution in [3.63, 3.8) is 0 Å². The van der Waals surface area contributed by atoms with Crippen molar-refractivity contribution in [1.29, 1.82) is 0 Å². The lowest BCUT2D eigenvalue weighted by atomic mass is 10.1. The fourth-order valence-corrected chi connectivity index (χ4v) is 3.50. The maximum atomic E-state index is 12.3. The predicted octanol–water partition coefficient (Wildman–Crippen LogP) is 4.56. The topological polar surface area (TPSA) is 20.3 Å². The lowest BCUT2D eigenvalue weighted by Crippen LogP contribution is -2.11. The molecule has 1 aliphatic heterocycles. The number of para-hydroxylation sites is 1. The summed E-state index contributed by atoms with van der Waals surface area (Å²) in [5.74, 6) is 0.0450. The maximum Gasteiger partial charge on any atom is 0.188 e. The molecule has 0 aromatic heterocycles. The van der Waals surface area contributed by atoms with E-state index in [0.717, 1.165) is 19.9 Å². The summed E-state index contributed by atoms with van der Waals surface area (Å²) in [6, 6.07) is 15.8. The Morgan fingerprint density at radius 2 is 1.85 bits per heavy atom. The second-order valence-corrected chi connectivity index (χ2v) is 6.79. The van der Waals surface area contributed by atoms with Crippen molar-refractivity contribution in [2.24, 2.45) is 0 Å². The highest BCUT2D eigenvalue weighted by Gasteiger charge is 2.22. The molecule has 3 rings (SSSR count). The molecule has 0 bridgehead atoms. The molecular weight excluding hydrogens is 381 g/mol. The van der Waals surface area contributed by atoms with Crippen LogP contribution in [0.15, 0.2) is 64.5 Å². The number of carbonyl (C=O) groups is 1. The van der Waals surface area contributed by atoms with E-state index in [1.54, 1.807) is 17.8 Å². The summed E-state index contributed by atoms with van der Waals surface area (Å²) in [5, 5.41) is 0.967. The number of allylic oxidation sites excluding steroid dienone is 1. The Hall–Kier alpha value is -1.27. The summed E-state index contributed by atoms with van der Waals surface area (Å²) in [6.07, 6.45) is 1.72. The minimum atomic E-state index is 0.0450. The molecule has 2 nitrogen and oxygen atoms in total. The summed E-state index contributed by atoms with van der Waals surface area (Å²) in [7, 11) is 1.99. The fraction of sp³-hybridized carbons (Fsp3) is 0.0625. The van der Waals surface area contributed by atoms with Crippen LogP contribution in [0.5, 0.6) is 0 Å². The largest absolute Gasteiger partial charge is 0.338 e. The van der Waals surface area contributed by atoms with Gasteiger partial charge < -0.3 is 4.90 Å². The molecule has 0 saturated heterocycles. The lowest BCUT2D eigenvalue weighted by molar-refractivity contribution is 0.104. The van der Waals surface area contributed by atoms with Gasteiger partial charge in [-0.2, -0.15) is 0 Å². The third-order valence-electron chi connectivity index (χ3n) is 3.16. The van der Waals surface area contributed by atoms with Crippen molar-refractivity contribution in [1.82, 2.24) is 0 Å². The zero-order valence-corrected chi connectivity index (χ0v) is 13.8. The van der Waals surface area contributed by atoms with Gasteiger partial charge in [-0.25, -0.2) is 0 Å². The molecule has 0 atom stereocenters. The van der Waals surface area contributed by atoms with Crippen LogP contribution in [-0.4, -0.2) is 12.8 Å². The highest BCUT2D eigenvalue weighted by Crippen LogP contribution is 2.44. The molecule has 0 radical (unpaired) electrons. The Bertz CT molecular complexity index is 694. The molecule has 100 valence electrons. The van der Waals surface area contributed by atoms with Crippen LogP contribution in [0.4, 0.5) is 5.69 Å². The highest BCUT2D eigenvalue weighted by molar-refractivity contribution is 14.1. The van der Waals surface area contributed by atoms with Crippen molar-refractivity contribution >= 4 is 45.8 Å². The number of benzene rings is 2. The molecule has 0 spiro atoms. The Kier molecular flexibility index (Phi) is 3.85. The molecule has 0 aliphatic carbocycles. The molecule has 0 fully saturated rings.